The van der Waals surface area contributed by atoms with Gasteiger partial charge in [0.05, 0.1) is 14.7 Å². The maximum absolute atomic E-state index is 15.7. The molecule has 0 aliphatic carbocycles. The van der Waals surface area contributed by atoms with E-state index in [9.17, 15) is 65.5 Å². The fourth-order valence-corrected chi connectivity index (χ4v) is 14.3. The molecule has 0 saturated heterocycles. The van der Waals surface area contributed by atoms with Crippen molar-refractivity contribution in [2.45, 2.75) is 181 Å². The normalized spacial score (nSPS) is 18.0. The molecule has 0 bridgehead atoms. The van der Waals surface area contributed by atoms with Crippen LogP contribution in [-0.2, 0) is 36.0 Å². The molecule has 85 heavy (non-hydrogen) atoms. The van der Waals surface area contributed by atoms with Crippen LogP contribution in [-0.4, -0.2) is 119 Å². The molecular weight excluding hydrogens is 1230 g/mol. The van der Waals surface area contributed by atoms with Crippen molar-refractivity contribution >= 4 is 30.1 Å². The van der Waals surface area contributed by atoms with E-state index in [1.807, 2.05) is 27.7 Å². The molecule has 0 saturated carbocycles. The smallest absolute Gasteiger partial charge is 0.207 e. The van der Waals surface area contributed by atoms with Gasteiger partial charge in [-0.15, -0.1) is 0 Å². The Kier molecular flexibility index (Phi) is 21.9. The van der Waals surface area contributed by atoms with Crippen LogP contribution in [0.5, 0.6) is 0 Å². The van der Waals surface area contributed by atoms with Gasteiger partial charge in [0.1, 0.15) is 0 Å². The molecule has 1 aliphatic rings. The summed E-state index contributed by atoms with van der Waals surface area (Å²) in [5, 5.41) is 0. The van der Waals surface area contributed by atoms with Crippen molar-refractivity contribution < 1.29 is 99.9 Å². The van der Waals surface area contributed by atoms with Gasteiger partial charge in [0, 0.05) is 44.8 Å². The summed E-state index contributed by atoms with van der Waals surface area (Å²) in [6.45, 7) is 18.0. The second-order valence-corrected chi connectivity index (χ2v) is 28.1. The summed E-state index contributed by atoms with van der Waals surface area (Å²) in [6.07, 6.45) is -0.742. The van der Waals surface area contributed by atoms with Gasteiger partial charge in [-0.1, -0.05) is 156 Å². The minimum atomic E-state index is -8.88. The Hall–Kier alpha value is -4.58. The van der Waals surface area contributed by atoms with Crippen LogP contribution in [0, 0.1) is 0 Å². The minimum Gasteiger partial charge on any atom is -0.207 e. The number of sulfonamides is 3. The summed E-state index contributed by atoms with van der Waals surface area (Å²) in [6, 6.07) is 6.58. The molecule has 480 valence electrons. The van der Waals surface area contributed by atoms with E-state index < -0.39 is 133 Å². The predicted octanol–water partition coefficient (Wildman–Crippen LogP) is 15.9. The Bertz CT molecular complexity index is 3130. The summed E-state index contributed by atoms with van der Waals surface area (Å²) in [5.74, 6) is -60.4. The highest BCUT2D eigenvalue weighted by atomic mass is 32.2. The largest absolute Gasteiger partial charge is 0.460 e. The molecule has 0 aromatic heterocycles. The summed E-state index contributed by atoms with van der Waals surface area (Å²) < 4.78 is 335. The van der Waals surface area contributed by atoms with Crippen LogP contribution in [0.4, 0.5) is 74.6 Å². The van der Waals surface area contributed by atoms with E-state index in [2.05, 4.69) is 0 Å². The standard InChI is InChI=1S/C56H68F17N3O6S3/c1-33(2)39-28-43(35(5)6)47(44(29-39)36(7)8)84(79,80)75-24-15-13-22-74(23-14-16-25-76(27-18-17-26-75)85(81,82)48-45(37(9)10)30-40(34(3)4)31-46(48)38(11)12)83(77,78)42-21-19-20-41(32-42)49(57,58)50(59,60)51(61,62)52(63,64)53(65,66)54(67,68)55(69,70)56(71,72)73/h13-21,28-38H,22-27H2,1-12H3/b15-13+,16-14+,18-17+. The van der Waals surface area contributed by atoms with Crippen molar-refractivity contribution in [3.63, 3.8) is 0 Å². The summed E-state index contributed by atoms with van der Waals surface area (Å²) in [4.78, 5) is -1.69. The highest BCUT2D eigenvalue weighted by Crippen LogP contribution is 2.65. The van der Waals surface area contributed by atoms with Crippen LogP contribution in [0.2, 0.25) is 0 Å². The molecule has 3 aromatic carbocycles. The van der Waals surface area contributed by atoms with Gasteiger partial charge in [-0.3, -0.25) is 0 Å². The van der Waals surface area contributed by atoms with E-state index >= 15 is 34.4 Å². The summed E-state index contributed by atoms with van der Waals surface area (Å²) >= 11 is 0. The molecule has 0 radical (unpaired) electrons. The number of halogens is 17. The Morgan fingerprint density at radius 2 is 0.600 bits per heavy atom. The van der Waals surface area contributed by atoms with Gasteiger partial charge < -0.3 is 0 Å². The van der Waals surface area contributed by atoms with Gasteiger partial charge in [0.2, 0.25) is 30.1 Å². The maximum Gasteiger partial charge on any atom is 0.460 e. The van der Waals surface area contributed by atoms with Crippen molar-refractivity contribution in [1.29, 1.82) is 0 Å². The van der Waals surface area contributed by atoms with Gasteiger partial charge in [0.15, 0.2) is 0 Å². The van der Waals surface area contributed by atoms with Gasteiger partial charge in [-0.2, -0.15) is 87.6 Å². The monoisotopic (exact) mass is 1300 g/mol. The van der Waals surface area contributed by atoms with Crippen LogP contribution in [0.15, 0.2) is 99.7 Å². The first kappa shape index (κ1) is 72.9. The third kappa shape index (κ3) is 13.6. The number of benzene rings is 3. The topological polar surface area (TPSA) is 112 Å². The molecule has 1 aliphatic heterocycles. The molecule has 3 aromatic rings. The Balaban J connectivity index is 1.97. The Labute approximate surface area is 485 Å². The van der Waals surface area contributed by atoms with E-state index in [4.69, 9.17) is 0 Å². The molecule has 0 atom stereocenters. The van der Waals surface area contributed by atoms with Crippen LogP contribution < -0.4 is 0 Å². The van der Waals surface area contributed by atoms with Crippen molar-refractivity contribution in [2.24, 2.45) is 0 Å². The van der Waals surface area contributed by atoms with Crippen LogP contribution in [0.25, 0.3) is 0 Å². The summed E-state index contributed by atoms with van der Waals surface area (Å²) in [5.41, 5.74) is 0.666. The predicted molar refractivity (Wildman–Crippen MR) is 287 cm³/mol. The van der Waals surface area contributed by atoms with E-state index in [1.165, 1.54) is 12.2 Å². The van der Waals surface area contributed by atoms with E-state index in [-0.39, 0.29) is 57.4 Å². The summed E-state index contributed by atoms with van der Waals surface area (Å²) in [7, 11) is -14.7. The van der Waals surface area contributed by atoms with E-state index in [1.54, 1.807) is 79.7 Å². The Morgan fingerprint density at radius 3 is 0.859 bits per heavy atom. The number of alkyl halides is 17. The first-order valence-corrected chi connectivity index (χ1v) is 30.8. The molecule has 4 rings (SSSR count). The molecule has 1 heterocycles. The second-order valence-electron chi connectivity index (χ2n) is 22.4. The molecule has 0 unspecified atom stereocenters. The van der Waals surface area contributed by atoms with Crippen LogP contribution in [0.1, 0.15) is 158 Å². The van der Waals surface area contributed by atoms with Crippen molar-refractivity contribution in [2.75, 3.05) is 39.3 Å². The highest BCUT2D eigenvalue weighted by Gasteiger charge is 2.95. The molecule has 0 spiro atoms. The first-order valence-electron chi connectivity index (χ1n) is 26.5. The third-order valence-electron chi connectivity index (χ3n) is 14.3. The lowest BCUT2D eigenvalue weighted by Crippen LogP contribution is -2.74. The fraction of sp³-hybridized carbons (Fsp3) is 0.571. The zero-order valence-electron chi connectivity index (χ0n) is 48.2. The zero-order valence-corrected chi connectivity index (χ0v) is 50.7. The Morgan fingerprint density at radius 1 is 0.341 bits per heavy atom. The zero-order chi connectivity index (χ0) is 65.6. The van der Waals surface area contributed by atoms with Gasteiger partial charge >= 0.3 is 47.6 Å². The quantitative estimate of drug-likeness (QED) is 0.0873. The number of rotatable bonds is 19. The first-order chi connectivity index (χ1) is 38.4. The number of hydrogen-bond donors (Lipinski definition) is 0. The maximum atomic E-state index is 15.7. The average molecular weight is 1300 g/mol. The third-order valence-corrected chi connectivity index (χ3v) is 20.0. The number of nitrogens with zero attached hydrogens (tertiary/aromatic N) is 3. The molecule has 0 amide bonds. The number of hydrogen-bond acceptors (Lipinski definition) is 6. The van der Waals surface area contributed by atoms with E-state index in [0.29, 0.717) is 32.6 Å². The van der Waals surface area contributed by atoms with Crippen molar-refractivity contribution in [1.82, 2.24) is 12.9 Å². The fourth-order valence-electron chi connectivity index (χ4n) is 8.94. The lowest BCUT2D eigenvalue weighted by Gasteiger charge is -2.42. The second kappa shape index (κ2) is 25.5. The minimum absolute atomic E-state index is 0.0461. The van der Waals surface area contributed by atoms with Crippen molar-refractivity contribution in [3.05, 3.63) is 124 Å². The lowest BCUT2D eigenvalue weighted by molar-refractivity contribution is -0.462. The van der Waals surface area contributed by atoms with Crippen molar-refractivity contribution in [3.8, 4) is 0 Å². The SMILES string of the molecule is CC(C)c1cc(C(C)C)c(S(=O)(=O)N2C/C=C/CN(S(=O)(=O)c3cccc(C(F)(F)C(F)(F)C(F)(F)C(F)(F)C(F)(F)C(F)(F)C(F)(F)C(F)(F)F)c3)C/C=C/CN(S(=O)(=O)c3c(C(C)C)cc(C(C)C)cc3C(C)C)C/C=C/C2)c(C(C)C)c1. The molecule has 0 fully saturated rings. The molecule has 0 N–H and O–H groups in total. The van der Waals surface area contributed by atoms with Gasteiger partial charge in [-0.05, 0) is 81.0 Å². The van der Waals surface area contributed by atoms with E-state index in [0.717, 1.165) is 44.0 Å². The molecular formula is C56H68F17N3O6S3. The lowest BCUT2D eigenvalue weighted by atomic mass is 9.87. The van der Waals surface area contributed by atoms with Crippen LogP contribution >= 0.6 is 0 Å². The van der Waals surface area contributed by atoms with Gasteiger partial charge in [-0.25, -0.2) is 25.3 Å². The van der Waals surface area contributed by atoms with Gasteiger partial charge in [0.25, 0.3) is 0 Å². The van der Waals surface area contributed by atoms with Crippen LogP contribution in [0.3, 0.4) is 0 Å². The highest BCUT2D eigenvalue weighted by molar-refractivity contribution is 7.89. The average Bonchev–Trinajstić information content (AvgIpc) is 1.00. The molecule has 9 nitrogen and oxygen atoms in total. The molecule has 29 heteroatoms.